The van der Waals surface area contributed by atoms with Gasteiger partial charge in [-0.25, -0.2) is 9.97 Å². The van der Waals surface area contributed by atoms with Crippen molar-refractivity contribution in [3.05, 3.63) is 35.2 Å². The predicted octanol–water partition coefficient (Wildman–Crippen LogP) is 2.16. The normalized spacial score (nSPS) is 18.1. The first kappa shape index (κ1) is 13.9. The van der Waals surface area contributed by atoms with E-state index in [4.69, 9.17) is 4.74 Å². The number of benzene rings is 1. The van der Waals surface area contributed by atoms with Gasteiger partial charge in [0, 0.05) is 18.7 Å². The summed E-state index contributed by atoms with van der Waals surface area (Å²) < 4.78 is 5.50. The summed E-state index contributed by atoms with van der Waals surface area (Å²) in [6.07, 6.45) is 2.24. The smallest absolute Gasteiger partial charge is 0.251 e. The molecule has 0 saturated carbocycles. The van der Waals surface area contributed by atoms with Crippen LogP contribution in [0.5, 0.6) is 0 Å². The minimum Gasteiger partial charge on any atom is -0.376 e. The van der Waals surface area contributed by atoms with E-state index in [0.717, 1.165) is 41.9 Å². The summed E-state index contributed by atoms with van der Waals surface area (Å²) in [5.74, 6) is -0.0903. The molecule has 0 spiro atoms. The number of hydrogen-bond acceptors (Lipinski definition) is 4. The highest BCUT2D eigenvalue weighted by molar-refractivity contribution is 5.97. The predicted molar refractivity (Wildman–Crippen MR) is 80.3 cm³/mol. The van der Waals surface area contributed by atoms with Gasteiger partial charge in [-0.2, -0.15) is 0 Å². The molecule has 1 N–H and O–H groups in total. The third kappa shape index (κ3) is 3.03. The lowest BCUT2D eigenvalue weighted by molar-refractivity contribution is 0.0858. The summed E-state index contributed by atoms with van der Waals surface area (Å²) in [7, 11) is 0. The molecule has 1 unspecified atom stereocenters. The first-order chi connectivity index (χ1) is 10.1. The number of fused-ring (bicyclic) bond motifs is 1. The van der Waals surface area contributed by atoms with Crippen molar-refractivity contribution in [3.63, 3.8) is 0 Å². The van der Waals surface area contributed by atoms with Gasteiger partial charge in [-0.15, -0.1) is 0 Å². The van der Waals surface area contributed by atoms with Crippen molar-refractivity contribution in [3.8, 4) is 0 Å². The van der Waals surface area contributed by atoms with Crippen LogP contribution in [0.2, 0.25) is 0 Å². The minimum atomic E-state index is -0.0903. The van der Waals surface area contributed by atoms with Crippen molar-refractivity contribution >= 4 is 16.9 Å². The van der Waals surface area contributed by atoms with Gasteiger partial charge < -0.3 is 10.1 Å². The zero-order chi connectivity index (χ0) is 14.8. The first-order valence-corrected chi connectivity index (χ1v) is 7.28. The van der Waals surface area contributed by atoms with Crippen molar-refractivity contribution in [1.82, 2.24) is 15.3 Å². The SMILES string of the molecule is Cc1nc2ccc(C(=O)NCC3CCCO3)cc2nc1C. The summed E-state index contributed by atoms with van der Waals surface area (Å²) >= 11 is 0. The van der Waals surface area contributed by atoms with Crippen LogP contribution < -0.4 is 5.32 Å². The first-order valence-electron chi connectivity index (χ1n) is 7.28. The molecule has 1 aromatic carbocycles. The highest BCUT2D eigenvalue weighted by Gasteiger charge is 2.17. The largest absolute Gasteiger partial charge is 0.376 e. The van der Waals surface area contributed by atoms with Gasteiger partial charge in [-0.3, -0.25) is 4.79 Å². The van der Waals surface area contributed by atoms with Crippen molar-refractivity contribution in [2.75, 3.05) is 13.2 Å². The molecule has 0 bridgehead atoms. The fourth-order valence-corrected chi connectivity index (χ4v) is 2.49. The topological polar surface area (TPSA) is 64.1 Å². The summed E-state index contributed by atoms with van der Waals surface area (Å²) in [6, 6.07) is 5.42. The number of carbonyl (C=O) groups is 1. The highest BCUT2D eigenvalue weighted by Crippen LogP contribution is 2.15. The fraction of sp³-hybridized carbons (Fsp3) is 0.438. The number of nitrogens with one attached hydrogen (secondary N) is 1. The minimum absolute atomic E-state index is 0.0903. The molecule has 1 aromatic heterocycles. The molecule has 1 saturated heterocycles. The number of rotatable bonds is 3. The molecular formula is C16H19N3O2. The summed E-state index contributed by atoms with van der Waals surface area (Å²) in [6.45, 7) is 5.22. The van der Waals surface area contributed by atoms with Crippen LogP contribution in [0, 0.1) is 13.8 Å². The van der Waals surface area contributed by atoms with Crippen LogP contribution in [0.1, 0.15) is 34.6 Å². The fourth-order valence-electron chi connectivity index (χ4n) is 2.49. The van der Waals surface area contributed by atoms with Crippen molar-refractivity contribution in [2.24, 2.45) is 0 Å². The molecule has 1 aliphatic heterocycles. The molecular weight excluding hydrogens is 266 g/mol. The molecule has 0 aliphatic carbocycles. The van der Waals surface area contributed by atoms with E-state index in [-0.39, 0.29) is 12.0 Å². The van der Waals surface area contributed by atoms with Gasteiger partial charge in [0.05, 0.1) is 28.5 Å². The molecule has 5 heteroatoms. The Morgan fingerprint density at radius 2 is 2.05 bits per heavy atom. The van der Waals surface area contributed by atoms with Gasteiger partial charge in [0.25, 0.3) is 5.91 Å². The van der Waals surface area contributed by atoms with E-state index in [1.165, 1.54) is 0 Å². The van der Waals surface area contributed by atoms with Crippen molar-refractivity contribution in [1.29, 1.82) is 0 Å². The van der Waals surface area contributed by atoms with E-state index in [2.05, 4.69) is 15.3 Å². The molecule has 1 atom stereocenters. The molecule has 2 aromatic rings. The molecule has 1 aliphatic rings. The number of hydrogen-bond donors (Lipinski definition) is 1. The Kier molecular flexibility index (Phi) is 3.84. The number of nitrogens with zero attached hydrogens (tertiary/aromatic N) is 2. The zero-order valence-corrected chi connectivity index (χ0v) is 12.3. The summed E-state index contributed by atoms with van der Waals surface area (Å²) in [5.41, 5.74) is 3.98. The van der Waals surface area contributed by atoms with Crippen LogP contribution in [-0.2, 0) is 4.74 Å². The highest BCUT2D eigenvalue weighted by atomic mass is 16.5. The lowest BCUT2D eigenvalue weighted by Gasteiger charge is -2.11. The number of ether oxygens (including phenoxy) is 1. The number of aromatic nitrogens is 2. The molecule has 21 heavy (non-hydrogen) atoms. The van der Waals surface area contributed by atoms with E-state index in [9.17, 15) is 4.79 Å². The number of aryl methyl sites for hydroxylation is 2. The average Bonchev–Trinajstić information content (AvgIpc) is 2.99. The third-order valence-electron chi connectivity index (χ3n) is 3.85. The van der Waals surface area contributed by atoms with Gasteiger partial charge in [-0.05, 0) is 44.9 Å². The molecule has 110 valence electrons. The molecule has 0 radical (unpaired) electrons. The summed E-state index contributed by atoms with van der Waals surface area (Å²) in [5, 5.41) is 2.92. The lowest BCUT2D eigenvalue weighted by atomic mass is 10.1. The Balaban J connectivity index is 1.76. The Labute approximate surface area is 123 Å². The monoisotopic (exact) mass is 285 g/mol. The maximum absolute atomic E-state index is 12.2. The van der Waals surface area contributed by atoms with Crippen LogP contribution in [0.4, 0.5) is 0 Å². The van der Waals surface area contributed by atoms with E-state index in [1.54, 1.807) is 12.1 Å². The van der Waals surface area contributed by atoms with Gasteiger partial charge >= 0.3 is 0 Å². The van der Waals surface area contributed by atoms with Gasteiger partial charge in [0.2, 0.25) is 0 Å². The van der Waals surface area contributed by atoms with Gasteiger partial charge in [0.1, 0.15) is 0 Å². The van der Waals surface area contributed by atoms with Gasteiger partial charge in [-0.1, -0.05) is 0 Å². The number of amides is 1. The third-order valence-corrected chi connectivity index (χ3v) is 3.85. The van der Waals surface area contributed by atoms with Crippen LogP contribution in [0.15, 0.2) is 18.2 Å². The van der Waals surface area contributed by atoms with Crippen LogP contribution >= 0.6 is 0 Å². The van der Waals surface area contributed by atoms with E-state index in [0.29, 0.717) is 12.1 Å². The Bertz CT molecular complexity index is 679. The van der Waals surface area contributed by atoms with Crippen LogP contribution in [0.3, 0.4) is 0 Å². The van der Waals surface area contributed by atoms with Crippen LogP contribution in [0.25, 0.3) is 11.0 Å². The average molecular weight is 285 g/mol. The molecule has 1 fully saturated rings. The van der Waals surface area contributed by atoms with Crippen molar-refractivity contribution < 1.29 is 9.53 Å². The standard InChI is InChI=1S/C16H19N3O2/c1-10-11(2)19-15-8-12(5-6-14(15)18-10)16(20)17-9-13-4-3-7-21-13/h5-6,8,13H,3-4,7,9H2,1-2H3,(H,17,20). The molecule has 2 heterocycles. The maximum atomic E-state index is 12.2. The molecule has 3 rings (SSSR count). The Morgan fingerprint density at radius 1 is 1.29 bits per heavy atom. The van der Waals surface area contributed by atoms with Gasteiger partial charge in [0.15, 0.2) is 0 Å². The second-order valence-corrected chi connectivity index (χ2v) is 5.44. The van der Waals surface area contributed by atoms with E-state index in [1.807, 2.05) is 19.9 Å². The molecule has 5 nitrogen and oxygen atoms in total. The lowest BCUT2D eigenvalue weighted by Crippen LogP contribution is -2.31. The zero-order valence-electron chi connectivity index (χ0n) is 12.3. The maximum Gasteiger partial charge on any atom is 0.251 e. The second-order valence-electron chi connectivity index (χ2n) is 5.44. The quantitative estimate of drug-likeness (QED) is 0.938. The molecule has 1 amide bonds. The van der Waals surface area contributed by atoms with Crippen molar-refractivity contribution in [2.45, 2.75) is 32.8 Å². The number of carbonyl (C=O) groups excluding carboxylic acids is 1. The van der Waals surface area contributed by atoms with Crippen LogP contribution in [-0.4, -0.2) is 35.1 Å². The van der Waals surface area contributed by atoms with E-state index < -0.39 is 0 Å². The Morgan fingerprint density at radius 3 is 2.76 bits per heavy atom. The van der Waals surface area contributed by atoms with E-state index >= 15 is 0 Å². The Hall–Kier alpha value is -2.01. The second kappa shape index (κ2) is 5.77. The summed E-state index contributed by atoms with van der Waals surface area (Å²) in [4.78, 5) is 21.1.